The van der Waals surface area contributed by atoms with Crippen LogP contribution in [-0.2, 0) is 6.54 Å². The average molecular weight is 433 g/mol. The number of carbonyl (C=O) groups is 1. The van der Waals surface area contributed by atoms with E-state index in [1.807, 2.05) is 30.5 Å². The van der Waals surface area contributed by atoms with Crippen molar-refractivity contribution in [2.45, 2.75) is 6.54 Å². The van der Waals surface area contributed by atoms with E-state index in [1.165, 1.54) is 11.8 Å². The Hall–Kier alpha value is -3.25. The largest absolute Gasteiger partial charge is 0.342 e. The minimum atomic E-state index is -0.289. The molecule has 0 aliphatic rings. The highest BCUT2D eigenvalue weighted by Gasteiger charge is 2.08. The van der Waals surface area contributed by atoms with Crippen LogP contribution in [0, 0.1) is 0 Å². The fourth-order valence-electron chi connectivity index (χ4n) is 3.02. The summed E-state index contributed by atoms with van der Waals surface area (Å²) in [4.78, 5) is 16.0. The molecule has 28 heavy (non-hydrogen) atoms. The third-order valence-electron chi connectivity index (χ3n) is 4.38. The Bertz CT molecular complexity index is 1130. The number of pyridine rings is 1. The van der Waals surface area contributed by atoms with Gasteiger partial charge in [0.15, 0.2) is 0 Å². The van der Waals surface area contributed by atoms with Crippen molar-refractivity contribution in [1.82, 2.24) is 15.0 Å². The Balaban J connectivity index is 1.57. The Morgan fingerprint density at radius 2 is 1.93 bits per heavy atom. The number of fused-ring (bicyclic) bond motifs is 1. The summed E-state index contributed by atoms with van der Waals surface area (Å²) in [7, 11) is 0. The van der Waals surface area contributed by atoms with Gasteiger partial charge >= 0.3 is 0 Å². The van der Waals surface area contributed by atoms with E-state index in [4.69, 9.17) is 0 Å². The third kappa shape index (κ3) is 4.02. The molecule has 2 aromatic heterocycles. The Kier molecular flexibility index (Phi) is 5.30. The van der Waals surface area contributed by atoms with Crippen molar-refractivity contribution in [3.05, 3.63) is 100 Å². The van der Waals surface area contributed by atoms with Crippen molar-refractivity contribution in [3.8, 4) is 0 Å². The second kappa shape index (κ2) is 8.19. The maximum atomic E-state index is 12.1. The summed E-state index contributed by atoms with van der Waals surface area (Å²) in [6.45, 7) is 0.754. The molecule has 1 N–H and O–H groups in total. The summed E-state index contributed by atoms with van der Waals surface area (Å²) in [5.74, 6) is -0.289. The van der Waals surface area contributed by atoms with Gasteiger partial charge in [0.05, 0.1) is 11.8 Å². The number of hydrazone groups is 1. The van der Waals surface area contributed by atoms with Crippen molar-refractivity contribution in [3.63, 3.8) is 0 Å². The lowest BCUT2D eigenvalue weighted by atomic mass is 10.2. The topological polar surface area (TPSA) is 59.3 Å². The molecule has 0 aliphatic carbocycles. The van der Waals surface area contributed by atoms with Gasteiger partial charge in [-0.15, -0.1) is 0 Å². The van der Waals surface area contributed by atoms with Crippen LogP contribution in [0.1, 0.15) is 21.5 Å². The molecule has 0 saturated heterocycles. The van der Waals surface area contributed by atoms with Crippen LogP contribution in [0.5, 0.6) is 0 Å². The summed E-state index contributed by atoms with van der Waals surface area (Å²) in [6, 6.07) is 19.8. The molecule has 2 heterocycles. The van der Waals surface area contributed by atoms with E-state index >= 15 is 0 Å². The first-order valence-corrected chi connectivity index (χ1v) is 9.56. The summed E-state index contributed by atoms with van der Waals surface area (Å²) in [6.07, 6.45) is 6.86. The van der Waals surface area contributed by atoms with E-state index in [-0.39, 0.29) is 5.91 Å². The predicted octanol–water partition coefficient (Wildman–Crippen LogP) is 4.61. The van der Waals surface area contributed by atoms with Gasteiger partial charge in [-0.25, -0.2) is 5.43 Å². The monoisotopic (exact) mass is 432 g/mol. The highest BCUT2D eigenvalue weighted by molar-refractivity contribution is 9.10. The predicted molar refractivity (Wildman–Crippen MR) is 114 cm³/mol. The van der Waals surface area contributed by atoms with Crippen LogP contribution >= 0.6 is 15.9 Å². The second-order valence-corrected chi connectivity index (χ2v) is 7.21. The van der Waals surface area contributed by atoms with Gasteiger partial charge in [0.25, 0.3) is 5.91 Å². The van der Waals surface area contributed by atoms with E-state index in [2.05, 4.69) is 60.3 Å². The normalized spacial score (nSPS) is 11.2. The zero-order valence-electron chi connectivity index (χ0n) is 14.9. The first-order valence-electron chi connectivity index (χ1n) is 8.76. The number of hydrogen-bond acceptors (Lipinski definition) is 3. The number of benzene rings is 2. The van der Waals surface area contributed by atoms with Gasteiger partial charge in [0.2, 0.25) is 0 Å². The van der Waals surface area contributed by atoms with Crippen molar-refractivity contribution in [1.29, 1.82) is 0 Å². The molecule has 0 atom stereocenters. The third-order valence-corrected chi connectivity index (χ3v) is 4.91. The van der Waals surface area contributed by atoms with E-state index in [9.17, 15) is 4.79 Å². The Morgan fingerprint density at radius 1 is 1.11 bits per heavy atom. The van der Waals surface area contributed by atoms with Gasteiger partial charge in [0.1, 0.15) is 0 Å². The van der Waals surface area contributed by atoms with E-state index < -0.39 is 0 Å². The molecule has 4 aromatic rings. The lowest BCUT2D eigenvalue weighted by Crippen LogP contribution is -2.17. The maximum Gasteiger partial charge on any atom is 0.272 e. The number of aromatic nitrogens is 2. The molecule has 2 aromatic carbocycles. The highest BCUT2D eigenvalue weighted by Crippen LogP contribution is 2.21. The molecule has 5 nitrogen and oxygen atoms in total. The molecule has 4 rings (SSSR count). The first kappa shape index (κ1) is 18.1. The minimum absolute atomic E-state index is 0.289. The number of para-hydroxylation sites is 1. The zero-order chi connectivity index (χ0) is 19.3. The van der Waals surface area contributed by atoms with Crippen LogP contribution in [0.2, 0.25) is 0 Å². The molecule has 0 saturated carbocycles. The van der Waals surface area contributed by atoms with Gasteiger partial charge in [0, 0.05) is 46.1 Å². The number of rotatable bonds is 5. The second-order valence-electron chi connectivity index (χ2n) is 6.30. The van der Waals surface area contributed by atoms with Crippen LogP contribution in [0.25, 0.3) is 10.9 Å². The van der Waals surface area contributed by atoms with Crippen LogP contribution in [0.4, 0.5) is 0 Å². The quantitative estimate of drug-likeness (QED) is 0.369. The maximum absolute atomic E-state index is 12.1. The highest BCUT2D eigenvalue weighted by atomic mass is 79.9. The Labute approximate surface area is 170 Å². The summed E-state index contributed by atoms with van der Waals surface area (Å²) in [5.41, 5.74) is 6.29. The fraction of sp³-hybridized carbons (Fsp3) is 0.0455. The van der Waals surface area contributed by atoms with Crippen LogP contribution in [0.15, 0.2) is 88.8 Å². The van der Waals surface area contributed by atoms with Crippen molar-refractivity contribution < 1.29 is 4.79 Å². The molecule has 0 radical (unpaired) electrons. The van der Waals surface area contributed by atoms with Crippen molar-refractivity contribution >= 4 is 39.0 Å². The molecule has 0 bridgehead atoms. The lowest BCUT2D eigenvalue weighted by molar-refractivity contribution is 0.0955. The van der Waals surface area contributed by atoms with E-state index in [0.717, 1.165) is 27.5 Å². The molecule has 6 heteroatoms. The zero-order valence-corrected chi connectivity index (χ0v) is 16.5. The Morgan fingerprint density at radius 3 is 2.71 bits per heavy atom. The first-order chi connectivity index (χ1) is 13.7. The molecule has 1 amide bonds. The van der Waals surface area contributed by atoms with Crippen LogP contribution in [-0.4, -0.2) is 21.7 Å². The van der Waals surface area contributed by atoms with E-state index in [1.54, 1.807) is 24.5 Å². The van der Waals surface area contributed by atoms with Gasteiger partial charge < -0.3 is 4.57 Å². The fourth-order valence-corrected chi connectivity index (χ4v) is 3.28. The number of carbonyl (C=O) groups excluding carboxylic acids is 1. The SMILES string of the molecule is O=C(N/N=C/c1cn(Cc2ccc(Br)cc2)c2ccccc12)c1cccnc1. The van der Waals surface area contributed by atoms with Crippen molar-refractivity contribution in [2.24, 2.45) is 5.10 Å². The number of nitrogens with zero attached hydrogens (tertiary/aromatic N) is 3. The van der Waals surface area contributed by atoms with Gasteiger partial charge in [-0.3, -0.25) is 9.78 Å². The molecule has 0 fully saturated rings. The van der Waals surface area contributed by atoms with Gasteiger partial charge in [-0.05, 0) is 35.9 Å². The number of amides is 1. The average Bonchev–Trinajstić information content (AvgIpc) is 3.08. The summed E-state index contributed by atoms with van der Waals surface area (Å²) >= 11 is 3.47. The van der Waals surface area contributed by atoms with E-state index in [0.29, 0.717) is 5.56 Å². The van der Waals surface area contributed by atoms with Crippen LogP contribution in [0.3, 0.4) is 0 Å². The lowest BCUT2D eigenvalue weighted by Gasteiger charge is -2.05. The molecular weight excluding hydrogens is 416 g/mol. The summed E-state index contributed by atoms with van der Waals surface area (Å²) in [5, 5.41) is 5.21. The smallest absolute Gasteiger partial charge is 0.272 e. The number of nitrogens with one attached hydrogen (secondary N) is 1. The summed E-state index contributed by atoms with van der Waals surface area (Å²) < 4.78 is 3.24. The molecule has 0 aliphatic heterocycles. The van der Waals surface area contributed by atoms with Gasteiger partial charge in [-0.2, -0.15) is 5.10 Å². The molecule has 0 spiro atoms. The molecule has 138 valence electrons. The van der Waals surface area contributed by atoms with Gasteiger partial charge in [-0.1, -0.05) is 46.3 Å². The molecular formula is C22H17BrN4O. The minimum Gasteiger partial charge on any atom is -0.342 e. The van der Waals surface area contributed by atoms with Crippen molar-refractivity contribution in [2.75, 3.05) is 0 Å². The molecule has 0 unspecified atom stereocenters. The standard InChI is InChI=1S/C22H17BrN4O/c23-19-9-7-16(8-10-19)14-27-15-18(20-5-1-2-6-21(20)27)13-25-26-22(28)17-4-3-11-24-12-17/h1-13,15H,14H2,(H,26,28)/b25-13+. The number of halogens is 1. The van der Waals surface area contributed by atoms with Crippen LogP contribution < -0.4 is 5.43 Å². The number of hydrogen-bond donors (Lipinski definition) is 1.